The zero-order valence-corrected chi connectivity index (χ0v) is 9.97. The molecular weight excluding hydrogens is 210 g/mol. The lowest BCUT2D eigenvalue weighted by molar-refractivity contribution is -0.152. The second-order valence-corrected chi connectivity index (χ2v) is 4.38. The molecule has 5 heteroatoms. The molecule has 1 fully saturated rings. The lowest BCUT2D eigenvalue weighted by atomic mass is 9.94. The van der Waals surface area contributed by atoms with E-state index in [9.17, 15) is 9.59 Å². The number of aliphatic carboxylic acids is 1. The summed E-state index contributed by atoms with van der Waals surface area (Å²) in [6.45, 7) is 6.77. The fourth-order valence-corrected chi connectivity index (χ4v) is 1.73. The molecule has 1 rings (SSSR count). The Balaban J connectivity index is 2.59. The Bertz CT molecular complexity index is 279. The summed E-state index contributed by atoms with van der Waals surface area (Å²) in [5, 5.41) is 8.86. The molecule has 3 atom stereocenters. The molecule has 1 saturated heterocycles. The standard InChI is InChI=1S/C11H19NO4/c1-7-6-12(4-5-16-7)10(13)8(2)9(3)11(14)15/h7-9H,4-6H2,1-3H3,(H,14,15). The number of morpholine rings is 1. The Morgan fingerprint density at radius 1 is 1.38 bits per heavy atom. The van der Waals surface area contributed by atoms with Crippen LogP contribution in [0, 0.1) is 11.8 Å². The summed E-state index contributed by atoms with van der Waals surface area (Å²) in [5.41, 5.74) is 0. The highest BCUT2D eigenvalue weighted by atomic mass is 16.5. The zero-order chi connectivity index (χ0) is 12.3. The molecule has 0 bridgehead atoms. The van der Waals surface area contributed by atoms with Crippen molar-refractivity contribution >= 4 is 11.9 Å². The first-order valence-electron chi connectivity index (χ1n) is 5.56. The predicted molar refractivity (Wildman–Crippen MR) is 58.0 cm³/mol. The maximum absolute atomic E-state index is 12.0. The number of amides is 1. The fourth-order valence-electron chi connectivity index (χ4n) is 1.73. The average molecular weight is 229 g/mol. The molecule has 0 saturated carbocycles. The molecule has 1 amide bonds. The molecule has 1 heterocycles. The molecule has 0 radical (unpaired) electrons. The van der Waals surface area contributed by atoms with Crippen LogP contribution in [0.25, 0.3) is 0 Å². The minimum absolute atomic E-state index is 0.0324. The quantitative estimate of drug-likeness (QED) is 0.769. The van der Waals surface area contributed by atoms with E-state index in [0.717, 1.165) is 0 Å². The van der Waals surface area contributed by atoms with Gasteiger partial charge in [0.05, 0.1) is 18.6 Å². The van der Waals surface area contributed by atoms with E-state index in [1.54, 1.807) is 18.7 Å². The highest BCUT2D eigenvalue weighted by Crippen LogP contribution is 2.16. The minimum atomic E-state index is -0.929. The summed E-state index contributed by atoms with van der Waals surface area (Å²) in [7, 11) is 0. The van der Waals surface area contributed by atoms with Gasteiger partial charge in [0.1, 0.15) is 0 Å². The molecule has 0 aromatic rings. The number of carboxylic acids is 1. The van der Waals surface area contributed by atoms with Gasteiger partial charge in [-0.2, -0.15) is 0 Å². The molecule has 0 spiro atoms. The van der Waals surface area contributed by atoms with Crippen molar-refractivity contribution in [3.8, 4) is 0 Å². The molecule has 1 aliphatic heterocycles. The van der Waals surface area contributed by atoms with Crippen molar-refractivity contribution in [2.24, 2.45) is 11.8 Å². The second-order valence-electron chi connectivity index (χ2n) is 4.38. The Kier molecular flexibility index (Phi) is 4.29. The number of nitrogens with zero attached hydrogens (tertiary/aromatic N) is 1. The van der Waals surface area contributed by atoms with Crippen molar-refractivity contribution in [1.29, 1.82) is 0 Å². The second kappa shape index (κ2) is 5.30. The third-order valence-electron chi connectivity index (χ3n) is 3.08. The smallest absolute Gasteiger partial charge is 0.307 e. The Morgan fingerprint density at radius 3 is 2.50 bits per heavy atom. The average Bonchev–Trinajstić information content (AvgIpc) is 2.26. The molecule has 16 heavy (non-hydrogen) atoms. The van der Waals surface area contributed by atoms with E-state index in [2.05, 4.69) is 0 Å². The third kappa shape index (κ3) is 2.95. The summed E-state index contributed by atoms with van der Waals surface area (Å²) in [6, 6.07) is 0. The van der Waals surface area contributed by atoms with Gasteiger partial charge in [0.25, 0.3) is 0 Å². The molecule has 5 nitrogen and oxygen atoms in total. The number of hydrogen-bond donors (Lipinski definition) is 1. The predicted octanol–water partition coefficient (Wildman–Crippen LogP) is 0.591. The number of ether oxygens (including phenoxy) is 1. The molecule has 1 N–H and O–H groups in total. The van der Waals surface area contributed by atoms with Crippen LogP contribution in [0.3, 0.4) is 0 Å². The van der Waals surface area contributed by atoms with Gasteiger partial charge in [0, 0.05) is 19.0 Å². The van der Waals surface area contributed by atoms with E-state index in [1.165, 1.54) is 0 Å². The van der Waals surface area contributed by atoms with Gasteiger partial charge in [-0.15, -0.1) is 0 Å². The van der Waals surface area contributed by atoms with E-state index in [-0.39, 0.29) is 12.0 Å². The highest BCUT2D eigenvalue weighted by molar-refractivity contribution is 5.84. The van der Waals surface area contributed by atoms with Crippen molar-refractivity contribution in [2.45, 2.75) is 26.9 Å². The van der Waals surface area contributed by atoms with Crippen molar-refractivity contribution in [3.63, 3.8) is 0 Å². The summed E-state index contributed by atoms with van der Waals surface area (Å²) in [4.78, 5) is 24.5. The van der Waals surface area contributed by atoms with Crippen LogP contribution >= 0.6 is 0 Å². The van der Waals surface area contributed by atoms with Gasteiger partial charge in [-0.05, 0) is 6.92 Å². The summed E-state index contributed by atoms with van der Waals surface area (Å²) in [5.74, 6) is -2.15. The Hall–Kier alpha value is -1.10. The first-order chi connectivity index (χ1) is 7.43. The zero-order valence-electron chi connectivity index (χ0n) is 9.97. The molecule has 92 valence electrons. The Labute approximate surface area is 95.4 Å². The maximum Gasteiger partial charge on any atom is 0.307 e. The van der Waals surface area contributed by atoms with Gasteiger partial charge < -0.3 is 14.7 Å². The minimum Gasteiger partial charge on any atom is -0.481 e. The molecular formula is C11H19NO4. The first kappa shape index (κ1) is 13.0. The summed E-state index contributed by atoms with van der Waals surface area (Å²) in [6.07, 6.45) is 0.0324. The van der Waals surface area contributed by atoms with Crippen LogP contribution in [0.4, 0.5) is 0 Å². The molecule has 0 aromatic carbocycles. The van der Waals surface area contributed by atoms with Gasteiger partial charge in [-0.1, -0.05) is 13.8 Å². The van der Waals surface area contributed by atoms with Crippen LogP contribution < -0.4 is 0 Å². The van der Waals surface area contributed by atoms with Crippen LogP contribution in [0.15, 0.2) is 0 Å². The SMILES string of the molecule is CC1CN(C(=O)C(C)C(C)C(=O)O)CCO1. The van der Waals surface area contributed by atoms with Gasteiger partial charge in [-0.25, -0.2) is 0 Å². The van der Waals surface area contributed by atoms with Crippen molar-refractivity contribution in [2.75, 3.05) is 19.7 Å². The lowest BCUT2D eigenvalue weighted by Crippen LogP contribution is -2.48. The number of carboxylic acid groups (broad SMARTS) is 1. The Morgan fingerprint density at radius 2 is 2.00 bits per heavy atom. The number of carbonyl (C=O) groups excluding carboxylic acids is 1. The monoisotopic (exact) mass is 229 g/mol. The largest absolute Gasteiger partial charge is 0.481 e. The highest BCUT2D eigenvalue weighted by Gasteiger charge is 2.31. The van der Waals surface area contributed by atoms with E-state index < -0.39 is 17.8 Å². The number of carbonyl (C=O) groups is 2. The van der Waals surface area contributed by atoms with Crippen molar-refractivity contribution < 1.29 is 19.4 Å². The van der Waals surface area contributed by atoms with E-state index in [1.807, 2.05) is 6.92 Å². The van der Waals surface area contributed by atoms with E-state index in [0.29, 0.717) is 19.7 Å². The normalized spacial score (nSPS) is 24.9. The van der Waals surface area contributed by atoms with E-state index >= 15 is 0 Å². The molecule has 0 aliphatic carbocycles. The van der Waals surface area contributed by atoms with Crippen molar-refractivity contribution in [3.05, 3.63) is 0 Å². The number of rotatable bonds is 3. The molecule has 0 aromatic heterocycles. The summed E-state index contributed by atoms with van der Waals surface area (Å²) < 4.78 is 5.34. The lowest BCUT2D eigenvalue weighted by Gasteiger charge is -2.33. The maximum atomic E-state index is 12.0. The van der Waals surface area contributed by atoms with Gasteiger partial charge in [-0.3, -0.25) is 9.59 Å². The fraction of sp³-hybridized carbons (Fsp3) is 0.818. The van der Waals surface area contributed by atoms with Gasteiger partial charge in [0.2, 0.25) is 5.91 Å². The van der Waals surface area contributed by atoms with Crippen LogP contribution in [-0.2, 0) is 14.3 Å². The topological polar surface area (TPSA) is 66.8 Å². The third-order valence-corrected chi connectivity index (χ3v) is 3.08. The molecule has 3 unspecified atom stereocenters. The van der Waals surface area contributed by atoms with Crippen LogP contribution in [-0.4, -0.2) is 47.7 Å². The van der Waals surface area contributed by atoms with Crippen LogP contribution in [0.1, 0.15) is 20.8 Å². The summed E-state index contributed by atoms with van der Waals surface area (Å²) >= 11 is 0. The van der Waals surface area contributed by atoms with Crippen LogP contribution in [0.2, 0.25) is 0 Å². The van der Waals surface area contributed by atoms with Crippen LogP contribution in [0.5, 0.6) is 0 Å². The van der Waals surface area contributed by atoms with E-state index in [4.69, 9.17) is 9.84 Å². The number of hydrogen-bond acceptors (Lipinski definition) is 3. The van der Waals surface area contributed by atoms with Gasteiger partial charge in [0.15, 0.2) is 0 Å². The first-order valence-corrected chi connectivity index (χ1v) is 5.56. The van der Waals surface area contributed by atoms with Gasteiger partial charge >= 0.3 is 5.97 Å². The molecule has 1 aliphatic rings. The van der Waals surface area contributed by atoms with Crippen molar-refractivity contribution in [1.82, 2.24) is 4.90 Å².